The molecule has 0 radical (unpaired) electrons. The smallest absolute Gasteiger partial charge is 0.263 e. The maximum absolute atomic E-state index is 13.3. The minimum absolute atomic E-state index is 0.217. The number of aryl methyl sites for hydroxylation is 1. The number of hydrogen-bond acceptors (Lipinski definition) is 5. The van der Waals surface area contributed by atoms with E-state index in [1.807, 2.05) is 61.5 Å². The molecule has 0 saturated heterocycles. The summed E-state index contributed by atoms with van der Waals surface area (Å²) in [5, 5.41) is 5.20. The molecule has 5 rings (SSSR count). The molecule has 0 atom stereocenters. The molecular weight excluding hydrogens is 380 g/mol. The molecule has 30 heavy (non-hydrogen) atoms. The van der Waals surface area contributed by atoms with E-state index in [0.29, 0.717) is 39.3 Å². The molecule has 0 N–H and O–H groups in total. The van der Waals surface area contributed by atoms with Gasteiger partial charge in [-0.1, -0.05) is 42.5 Å². The fourth-order valence-electron chi connectivity index (χ4n) is 3.89. The van der Waals surface area contributed by atoms with Crippen molar-refractivity contribution in [3.63, 3.8) is 0 Å². The Balaban J connectivity index is 1.66. The van der Waals surface area contributed by atoms with Crippen molar-refractivity contribution in [2.45, 2.75) is 13.5 Å². The lowest BCUT2D eigenvalue weighted by Crippen LogP contribution is -2.29. The van der Waals surface area contributed by atoms with Crippen LogP contribution in [-0.2, 0) is 6.54 Å². The highest BCUT2D eigenvalue weighted by atomic mass is 16.5. The van der Waals surface area contributed by atoms with Crippen LogP contribution in [0.2, 0.25) is 0 Å². The van der Waals surface area contributed by atoms with Crippen molar-refractivity contribution in [1.82, 2.24) is 19.7 Å². The van der Waals surface area contributed by atoms with E-state index in [1.54, 1.807) is 11.8 Å². The number of pyridine rings is 1. The lowest BCUT2D eigenvalue weighted by atomic mass is 10.1. The summed E-state index contributed by atoms with van der Waals surface area (Å²) in [6, 6.07) is 16.9. The first-order valence-corrected chi connectivity index (χ1v) is 9.52. The summed E-state index contributed by atoms with van der Waals surface area (Å²) in [4.78, 5) is 32.0. The highest BCUT2D eigenvalue weighted by Gasteiger charge is 2.39. The number of benzene rings is 2. The number of para-hydroxylation sites is 2. The van der Waals surface area contributed by atoms with Gasteiger partial charge < -0.3 is 4.74 Å². The fraction of sp³-hybridized carbons (Fsp3) is 0.130. The van der Waals surface area contributed by atoms with Gasteiger partial charge in [-0.2, -0.15) is 5.10 Å². The van der Waals surface area contributed by atoms with Crippen LogP contribution in [0.1, 0.15) is 32.0 Å². The Kier molecular flexibility index (Phi) is 4.10. The number of fused-ring (bicyclic) bond motifs is 3. The van der Waals surface area contributed by atoms with Crippen LogP contribution in [0, 0.1) is 6.92 Å². The van der Waals surface area contributed by atoms with Crippen LogP contribution in [0.4, 0.5) is 0 Å². The molecule has 3 heterocycles. The molecular formula is C23H18N4O3. The van der Waals surface area contributed by atoms with Gasteiger partial charge in [0.05, 0.1) is 35.9 Å². The normalized spacial score (nSPS) is 13.2. The van der Waals surface area contributed by atoms with Gasteiger partial charge in [0.2, 0.25) is 0 Å². The van der Waals surface area contributed by atoms with Gasteiger partial charge in [0, 0.05) is 6.20 Å². The molecule has 0 spiro atoms. The van der Waals surface area contributed by atoms with Gasteiger partial charge in [-0.05, 0) is 24.6 Å². The lowest BCUT2D eigenvalue weighted by molar-refractivity contribution is 0.0643. The summed E-state index contributed by atoms with van der Waals surface area (Å²) in [6.45, 7) is 2.03. The summed E-state index contributed by atoms with van der Waals surface area (Å²) in [7, 11) is 1.59. The number of methoxy groups -OCH3 is 1. The molecule has 1 aliphatic rings. The third kappa shape index (κ3) is 2.59. The molecule has 2 aromatic carbocycles. The quantitative estimate of drug-likeness (QED) is 0.492. The molecule has 2 amide bonds. The van der Waals surface area contributed by atoms with Gasteiger partial charge in [-0.15, -0.1) is 0 Å². The second kappa shape index (κ2) is 6.81. The molecule has 2 aromatic heterocycles. The van der Waals surface area contributed by atoms with E-state index >= 15 is 0 Å². The van der Waals surface area contributed by atoms with Crippen LogP contribution in [0.3, 0.4) is 0 Å². The Morgan fingerprint density at radius 2 is 1.70 bits per heavy atom. The third-order valence-corrected chi connectivity index (χ3v) is 5.30. The average Bonchev–Trinajstić information content (AvgIpc) is 3.24. The van der Waals surface area contributed by atoms with E-state index in [9.17, 15) is 9.59 Å². The Labute approximate surface area is 172 Å². The topological polar surface area (TPSA) is 77.3 Å². The van der Waals surface area contributed by atoms with Gasteiger partial charge in [-0.25, -0.2) is 9.67 Å². The Bertz CT molecular complexity index is 1310. The van der Waals surface area contributed by atoms with Crippen molar-refractivity contribution < 1.29 is 14.3 Å². The maximum atomic E-state index is 13.3. The predicted molar refractivity (Wildman–Crippen MR) is 111 cm³/mol. The zero-order valence-corrected chi connectivity index (χ0v) is 16.5. The van der Waals surface area contributed by atoms with Gasteiger partial charge >= 0.3 is 0 Å². The van der Waals surface area contributed by atoms with Crippen molar-refractivity contribution in [1.29, 1.82) is 0 Å². The lowest BCUT2D eigenvalue weighted by Gasteiger charge is -2.13. The molecule has 0 aliphatic carbocycles. The van der Waals surface area contributed by atoms with Crippen LogP contribution >= 0.6 is 0 Å². The van der Waals surface area contributed by atoms with Gasteiger partial charge in [0.25, 0.3) is 11.8 Å². The zero-order valence-electron chi connectivity index (χ0n) is 16.5. The molecule has 1 aliphatic heterocycles. The molecule has 148 valence electrons. The van der Waals surface area contributed by atoms with Crippen molar-refractivity contribution in [2.24, 2.45) is 0 Å². The Morgan fingerprint density at radius 1 is 0.967 bits per heavy atom. The average molecular weight is 398 g/mol. The molecule has 7 nitrogen and oxygen atoms in total. The van der Waals surface area contributed by atoms with Gasteiger partial charge in [0.1, 0.15) is 11.4 Å². The number of imide groups is 1. The number of nitrogens with zero attached hydrogens (tertiary/aromatic N) is 4. The van der Waals surface area contributed by atoms with Gasteiger partial charge in [0.15, 0.2) is 5.65 Å². The first-order chi connectivity index (χ1) is 14.6. The zero-order chi connectivity index (χ0) is 20.8. The van der Waals surface area contributed by atoms with Crippen molar-refractivity contribution in [3.8, 4) is 11.4 Å². The molecule has 0 fully saturated rings. The first-order valence-electron chi connectivity index (χ1n) is 9.52. The monoisotopic (exact) mass is 398 g/mol. The molecule has 0 unspecified atom stereocenters. The van der Waals surface area contributed by atoms with E-state index in [4.69, 9.17) is 4.74 Å². The second-order valence-corrected chi connectivity index (χ2v) is 7.10. The van der Waals surface area contributed by atoms with Crippen molar-refractivity contribution >= 4 is 22.8 Å². The third-order valence-electron chi connectivity index (χ3n) is 5.30. The van der Waals surface area contributed by atoms with E-state index in [1.165, 1.54) is 11.1 Å². The number of hydrogen-bond donors (Lipinski definition) is 0. The number of rotatable bonds is 4. The van der Waals surface area contributed by atoms with Crippen molar-refractivity contribution in [2.75, 3.05) is 7.11 Å². The molecule has 0 saturated carbocycles. The minimum Gasteiger partial charge on any atom is -0.494 e. The van der Waals surface area contributed by atoms with Crippen LogP contribution in [0.15, 0.2) is 60.8 Å². The van der Waals surface area contributed by atoms with Crippen LogP contribution in [0.25, 0.3) is 16.7 Å². The largest absolute Gasteiger partial charge is 0.494 e. The van der Waals surface area contributed by atoms with Crippen LogP contribution in [0.5, 0.6) is 5.75 Å². The number of carbonyl (C=O) groups is 2. The Morgan fingerprint density at radius 3 is 2.47 bits per heavy atom. The number of carbonyl (C=O) groups excluding carboxylic acids is 2. The van der Waals surface area contributed by atoms with Crippen LogP contribution in [-0.4, -0.2) is 38.6 Å². The Hall–Kier alpha value is -4.00. The van der Waals surface area contributed by atoms with Gasteiger partial charge in [-0.3, -0.25) is 14.5 Å². The SMILES string of the molecule is COc1ccccc1-n1nc(C)c2c3c(cnc21)C(=O)N(Cc1ccccc1)C3=O. The predicted octanol–water partition coefficient (Wildman–Crippen LogP) is 3.53. The van der Waals surface area contributed by atoms with E-state index in [0.717, 1.165) is 5.56 Å². The maximum Gasteiger partial charge on any atom is 0.263 e. The summed E-state index contributed by atoms with van der Waals surface area (Å²) < 4.78 is 7.11. The standard InChI is InChI=1S/C23H18N4O3/c1-14-19-20-16(22(28)26(23(20)29)13-15-8-4-3-5-9-15)12-24-21(19)27(25-14)17-10-6-7-11-18(17)30-2/h3-12H,13H2,1-2H3. The molecule has 0 bridgehead atoms. The summed E-state index contributed by atoms with van der Waals surface area (Å²) in [5.41, 5.74) is 3.41. The van der Waals surface area contributed by atoms with E-state index < -0.39 is 0 Å². The highest BCUT2D eigenvalue weighted by molar-refractivity contribution is 6.26. The second-order valence-electron chi connectivity index (χ2n) is 7.10. The van der Waals surface area contributed by atoms with E-state index in [2.05, 4.69) is 10.1 Å². The van der Waals surface area contributed by atoms with E-state index in [-0.39, 0.29) is 18.4 Å². The number of aromatic nitrogens is 3. The van der Waals surface area contributed by atoms with Crippen LogP contribution < -0.4 is 4.74 Å². The fourth-order valence-corrected chi connectivity index (χ4v) is 3.89. The van der Waals surface area contributed by atoms with Crippen molar-refractivity contribution in [3.05, 3.63) is 83.2 Å². The summed E-state index contributed by atoms with van der Waals surface area (Å²) in [6.07, 6.45) is 1.47. The number of ether oxygens (including phenoxy) is 1. The molecule has 4 aromatic rings. The highest BCUT2D eigenvalue weighted by Crippen LogP contribution is 2.34. The minimum atomic E-state index is -0.335. The first kappa shape index (κ1) is 18.1. The summed E-state index contributed by atoms with van der Waals surface area (Å²) in [5.74, 6) is -0.0241. The number of amides is 2. The molecule has 7 heteroatoms. The summed E-state index contributed by atoms with van der Waals surface area (Å²) >= 11 is 0.